The summed E-state index contributed by atoms with van der Waals surface area (Å²) in [6.07, 6.45) is 2.25. The molecule has 40 heavy (non-hydrogen) atoms. The van der Waals surface area contributed by atoms with E-state index in [4.69, 9.17) is 40.3 Å². The molecule has 0 fully saturated rings. The van der Waals surface area contributed by atoms with Gasteiger partial charge < -0.3 is 40.3 Å². The van der Waals surface area contributed by atoms with Gasteiger partial charge in [-0.1, -0.05) is 0 Å². The monoisotopic (exact) mass is 580 g/mol. The summed E-state index contributed by atoms with van der Waals surface area (Å²) in [5.41, 5.74) is 14.8. The van der Waals surface area contributed by atoms with E-state index in [1.54, 1.807) is 36.4 Å². The number of rotatable bonds is 16. The number of esters is 2. The van der Waals surface area contributed by atoms with Crippen LogP contribution < -0.4 is 35.6 Å². The lowest BCUT2D eigenvalue weighted by Gasteiger charge is -2.24. The molecule has 220 valence electrons. The lowest BCUT2D eigenvalue weighted by Crippen LogP contribution is -2.44. The SMILES string of the molecule is CC(C)(Oc1ccc(OCCCOc2ccc(OS(C)(=O)=O)cc2)cc1)C(=O)OC(=O)[C@@H](N)CCCN=C(N)N. The molecule has 2 rings (SSSR count). The number of carbonyl (C=O) groups excluding carboxylic acids is 2. The van der Waals surface area contributed by atoms with Crippen LogP contribution in [0.2, 0.25) is 0 Å². The van der Waals surface area contributed by atoms with Crippen molar-refractivity contribution < 1.29 is 41.1 Å². The zero-order valence-corrected chi connectivity index (χ0v) is 23.5. The third-order valence-electron chi connectivity index (χ3n) is 5.05. The number of ether oxygens (including phenoxy) is 4. The predicted octanol–water partition coefficient (Wildman–Crippen LogP) is 1.48. The van der Waals surface area contributed by atoms with Crippen LogP contribution in [0.5, 0.6) is 23.0 Å². The minimum Gasteiger partial charge on any atom is -0.493 e. The molecule has 0 spiro atoms. The number of hydrogen-bond acceptors (Lipinski definition) is 11. The van der Waals surface area contributed by atoms with E-state index >= 15 is 0 Å². The van der Waals surface area contributed by atoms with Gasteiger partial charge in [-0.2, -0.15) is 8.42 Å². The number of hydrogen-bond donors (Lipinski definition) is 3. The topological polar surface area (TPSA) is 205 Å². The maximum Gasteiger partial charge on any atom is 0.357 e. The molecule has 14 heteroatoms. The third kappa shape index (κ3) is 12.2. The van der Waals surface area contributed by atoms with Gasteiger partial charge in [0, 0.05) is 13.0 Å². The van der Waals surface area contributed by atoms with Crippen molar-refractivity contribution in [3.63, 3.8) is 0 Å². The van der Waals surface area contributed by atoms with E-state index < -0.39 is 33.7 Å². The average molecular weight is 581 g/mol. The number of nitrogens with zero attached hydrogens (tertiary/aromatic N) is 1. The first-order valence-electron chi connectivity index (χ1n) is 12.4. The van der Waals surface area contributed by atoms with Crippen molar-refractivity contribution >= 4 is 28.0 Å². The van der Waals surface area contributed by atoms with E-state index in [1.807, 2.05) is 0 Å². The van der Waals surface area contributed by atoms with Gasteiger partial charge in [-0.25, -0.2) is 9.59 Å². The maximum absolute atomic E-state index is 12.5. The largest absolute Gasteiger partial charge is 0.493 e. The Balaban J connectivity index is 1.72. The third-order valence-corrected chi connectivity index (χ3v) is 5.54. The summed E-state index contributed by atoms with van der Waals surface area (Å²) >= 11 is 0. The Bertz CT molecular complexity index is 1240. The normalized spacial score (nSPS) is 12.1. The highest BCUT2D eigenvalue weighted by molar-refractivity contribution is 7.86. The average Bonchev–Trinajstić information content (AvgIpc) is 2.87. The Morgan fingerprint density at radius 1 is 0.875 bits per heavy atom. The molecule has 0 aliphatic rings. The zero-order valence-electron chi connectivity index (χ0n) is 22.7. The quantitative estimate of drug-likeness (QED) is 0.0645. The minimum absolute atomic E-state index is 0.0550. The summed E-state index contributed by atoms with van der Waals surface area (Å²) in [5, 5.41) is 0. The van der Waals surface area contributed by atoms with Crippen LogP contribution in [0.3, 0.4) is 0 Å². The molecule has 1 atom stereocenters. The summed E-state index contributed by atoms with van der Waals surface area (Å²) in [6, 6.07) is 11.8. The molecule has 6 N–H and O–H groups in total. The van der Waals surface area contributed by atoms with E-state index in [0.29, 0.717) is 49.8 Å². The highest BCUT2D eigenvalue weighted by Gasteiger charge is 2.35. The number of carbonyl (C=O) groups is 2. The molecule has 0 saturated heterocycles. The van der Waals surface area contributed by atoms with Crippen molar-refractivity contribution in [3.8, 4) is 23.0 Å². The van der Waals surface area contributed by atoms with Gasteiger partial charge in [-0.15, -0.1) is 0 Å². The molecule has 0 unspecified atom stereocenters. The summed E-state index contributed by atoms with van der Waals surface area (Å²) in [4.78, 5) is 28.5. The second-order valence-corrected chi connectivity index (χ2v) is 10.7. The van der Waals surface area contributed by atoms with Gasteiger partial charge in [-0.3, -0.25) is 4.99 Å². The Kier molecular flexibility index (Phi) is 12.0. The van der Waals surface area contributed by atoms with Crippen LogP contribution in [0.1, 0.15) is 33.1 Å². The van der Waals surface area contributed by atoms with Crippen molar-refractivity contribution in [1.82, 2.24) is 0 Å². The molecule has 0 bridgehead atoms. The first-order chi connectivity index (χ1) is 18.7. The van der Waals surface area contributed by atoms with E-state index in [1.165, 1.54) is 26.0 Å². The Morgan fingerprint density at radius 2 is 1.38 bits per heavy atom. The minimum atomic E-state index is -3.58. The molecule has 0 saturated carbocycles. The summed E-state index contributed by atoms with van der Waals surface area (Å²) < 4.78 is 49.0. The van der Waals surface area contributed by atoms with Crippen LogP contribution in [0, 0.1) is 0 Å². The molecular formula is C26H36N4O9S. The van der Waals surface area contributed by atoms with Crippen molar-refractivity contribution in [2.45, 2.75) is 44.8 Å². The summed E-state index contributed by atoms with van der Waals surface area (Å²) in [5.74, 6) is -0.0783. The Labute approximate surface area is 233 Å². The molecule has 0 aliphatic carbocycles. The highest BCUT2D eigenvalue weighted by atomic mass is 32.2. The lowest BCUT2D eigenvalue weighted by molar-refractivity contribution is -0.170. The highest BCUT2D eigenvalue weighted by Crippen LogP contribution is 2.23. The molecule has 2 aromatic carbocycles. The van der Waals surface area contributed by atoms with Crippen molar-refractivity contribution in [2.24, 2.45) is 22.2 Å². The molecule has 13 nitrogen and oxygen atoms in total. The Hall–Kier alpha value is -4.04. The molecule has 0 amide bonds. The number of aliphatic imine (C=N–C) groups is 1. The second kappa shape index (κ2) is 14.9. The number of guanidine groups is 1. The van der Waals surface area contributed by atoms with Gasteiger partial charge in [0.15, 0.2) is 5.96 Å². The van der Waals surface area contributed by atoms with E-state index in [9.17, 15) is 18.0 Å². The van der Waals surface area contributed by atoms with Crippen molar-refractivity contribution in [1.29, 1.82) is 0 Å². The summed E-state index contributed by atoms with van der Waals surface area (Å²) in [7, 11) is -3.58. The standard InChI is InChI=1S/C26H36N4O9S/c1-26(2,24(32)37-23(31)22(27)6-4-15-30-25(28)29)38-20-11-7-18(8-12-20)35-16-5-17-36-19-9-13-21(14-10-19)39-40(3,33)34/h7-14,22H,4-6,15-17,27H2,1-3H3,(H4,28,29,30)/t22-/m0/s1. The molecule has 0 aromatic heterocycles. The van der Waals surface area contributed by atoms with Gasteiger partial charge in [0.05, 0.1) is 19.5 Å². The van der Waals surface area contributed by atoms with Gasteiger partial charge in [0.2, 0.25) is 5.60 Å². The van der Waals surface area contributed by atoms with Crippen LogP contribution in [0.25, 0.3) is 0 Å². The van der Waals surface area contributed by atoms with Crippen LogP contribution in [0.15, 0.2) is 53.5 Å². The zero-order chi connectivity index (χ0) is 29.8. The first kappa shape index (κ1) is 32.2. The molecule has 0 radical (unpaired) electrons. The van der Waals surface area contributed by atoms with E-state index in [0.717, 1.165) is 6.26 Å². The van der Waals surface area contributed by atoms with Gasteiger partial charge in [0.1, 0.15) is 29.0 Å². The van der Waals surface area contributed by atoms with Gasteiger partial charge in [-0.05, 0) is 75.2 Å². The van der Waals surface area contributed by atoms with E-state index in [2.05, 4.69) is 4.99 Å². The predicted molar refractivity (Wildman–Crippen MR) is 148 cm³/mol. The fourth-order valence-electron chi connectivity index (χ4n) is 3.07. The fourth-order valence-corrected chi connectivity index (χ4v) is 3.53. The van der Waals surface area contributed by atoms with Crippen LogP contribution >= 0.6 is 0 Å². The van der Waals surface area contributed by atoms with E-state index in [-0.39, 0.29) is 18.1 Å². The van der Waals surface area contributed by atoms with Gasteiger partial charge >= 0.3 is 22.1 Å². The lowest BCUT2D eigenvalue weighted by atomic mass is 10.1. The smallest absolute Gasteiger partial charge is 0.357 e. The first-order valence-corrected chi connectivity index (χ1v) is 14.2. The summed E-state index contributed by atoms with van der Waals surface area (Å²) in [6.45, 7) is 4.01. The molecule has 0 aliphatic heterocycles. The maximum atomic E-state index is 12.5. The number of nitrogens with two attached hydrogens (primary N) is 3. The molecule has 2 aromatic rings. The van der Waals surface area contributed by atoms with Crippen LogP contribution in [0.4, 0.5) is 0 Å². The van der Waals surface area contributed by atoms with Crippen LogP contribution in [-0.2, 0) is 24.4 Å². The Morgan fingerprint density at radius 3 is 1.88 bits per heavy atom. The second-order valence-electron chi connectivity index (χ2n) is 9.16. The molecule has 0 heterocycles. The van der Waals surface area contributed by atoms with Crippen LogP contribution in [-0.4, -0.2) is 64.0 Å². The molecular weight excluding hydrogens is 544 g/mol. The fraction of sp³-hybridized carbons (Fsp3) is 0.423. The van der Waals surface area contributed by atoms with Gasteiger partial charge in [0.25, 0.3) is 0 Å². The number of benzene rings is 2. The van der Waals surface area contributed by atoms with Crippen molar-refractivity contribution in [3.05, 3.63) is 48.5 Å². The van der Waals surface area contributed by atoms with Crippen molar-refractivity contribution in [2.75, 3.05) is 26.0 Å².